The highest BCUT2D eigenvalue weighted by atomic mass is 28.4. The molecule has 2 saturated heterocycles. The summed E-state index contributed by atoms with van der Waals surface area (Å²) < 4.78 is 16.7. The molecule has 2 heterocycles. The molecule has 1 N–H and O–H groups in total. The van der Waals surface area contributed by atoms with E-state index in [1.165, 1.54) is 22.0 Å². The van der Waals surface area contributed by atoms with Gasteiger partial charge < -0.3 is 24.1 Å². The second-order valence-electron chi connectivity index (χ2n) is 10.8. The molecule has 2 aliphatic heterocycles. The van der Waals surface area contributed by atoms with Crippen LogP contribution in [0.4, 0.5) is 9.59 Å². The third-order valence-corrected chi connectivity index (χ3v) is 11.7. The molecule has 0 aromatic carbocycles. The summed E-state index contributed by atoms with van der Waals surface area (Å²) >= 11 is 0. The molecule has 0 aliphatic carbocycles. The zero-order valence-electron chi connectivity index (χ0n) is 22.4. The van der Waals surface area contributed by atoms with Crippen molar-refractivity contribution in [2.45, 2.75) is 70.4 Å². The number of ether oxygens (including phenoxy) is 2. The van der Waals surface area contributed by atoms with E-state index in [-0.39, 0.29) is 62.1 Å². The predicted molar refractivity (Wildman–Crippen MR) is 138 cm³/mol. The van der Waals surface area contributed by atoms with Gasteiger partial charge in [-0.1, -0.05) is 46.1 Å². The van der Waals surface area contributed by atoms with Crippen LogP contribution in [0.15, 0.2) is 25.3 Å². The van der Waals surface area contributed by atoms with E-state index in [0.29, 0.717) is 0 Å². The number of nitrogens with one attached hydrogen (secondary N) is 1. The lowest BCUT2D eigenvalue weighted by Crippen LogP contribution is -2.66. The number of β-lactam (4-membered cyclic amide) rings is 1. The Bertz CT molecular complexity index is 870. The van der Waals surface area contributed by atoms with Crippen LogP contribution in [0.5, 0.6) is 0 Å². The van der Waals surface area contributed by atoms with Gasteiger partial charge in [0.15, 0.2) is 14.1 Å². The summed E-state index contributed by atoms with van der Waals surface area (Å²) in [7, 11) is -2.12. The first-order valence-electron chi connectivity index (χ1n) is 12.3. The number of hydrogen-bond acceptors (Lipinski definition) is 7. The zero-order chi connectivity index (χ0) is 27.3. The van der Waals surface area contributed by atoms with Crippen LogP contribution in [0.1, 0.15) is 34.1 Å². The number of hydrogen-bond donors (Lipinski definition) is 1. The third kappa shape index (κ3) is 6.97. The number of Topliss-reactive ketones (excluding diaryl/α,β-unsaturated/α-hetero) is 1. The lowest BCUT2D eigenvalue weighted by Gasteiger charge is -2.46. The van der Waals surface area contributed by atoms with Gasteiger partial charge in [-0.15, -0.1) is 0 Å². The number of rotatable bonds is 10. The van der Waals surface area contributed by atoms with Gasteiger partial charge in [0.05, 0.1) is 18.6 Å². The molecular formula is C25H41N3O7Si. The second kappa shape index (κ2) is 12.0. The minimum atomic E-state index is -2.12. The Balaban J connectivity index is 2.14. The predicted octanol–water partition coefficient (Wildman–Crippen LogP) is 3.10. The minimum absolute atomic E-state index is 0.00436. The Labute approximate surface area is 215 Å². The maximum Gasteiger partial charge on any atom is 0.410 e. The van der Waals surface area contributed by atoms with Crippen LogP contribution >= 0.6 is 0 Å². The van der Waals surface area contributed by atoms with Crippen LogP contribution in [0, 0.1) is 5.92 Å². The van der Waals surface area contributed by atoms with Gasteiger partial charge in [-0.2, -0.15) is 0 Å². The first-order chi connectivity index (χ1) is 16.7. The third-order valence-electron chi connectivity index (χ3n) is 7.17. The van der Waals surface area contributed by atoms with Crippen molar-refractivity contribution in [2.24, 2.45) is 5.92 Å². The van der Waals surface area contributed by atoms with E-state index in [2.05, 4.69) is 52.3 Å². The Hall–Kier alpha value is -2.66. The summed E-state index contributed by atoms with van der Waals surface area (Å²) in [5, 5.41) is 2.80. The van der Waals surface area contributed by atoms with E-state index in [9.17, 15) is 19.2 Å². The molecule has 3 amide bonds. The van der Waals surface area contributed by atoms with Gasteiger partial charge in [0, 0.05) is 25.6 Å². The van der Waals surface area contributed by atoms with Crippen molar-refractivity contribution in [1.82, 2.24) is 15.1 Å². The molecule has 0 radical (unpaired) electrons. The van der Waals surface area contributed by atoms with E-state index in [4.69, 9.17) is 13.9 Å². The van der Waals surface area contributed by atoms with Gasteiger partial charge in [-0.05, 0) is 25.1 Å². The smallest absolute Gasteiger partial charge is 0.410 e. The van der Waals surface area contributed by atoms with Gasteiger partial charge in [0.2, 0.25) is 5.91 Å². The Kier molecular flexibility index (Phi) is 9.90. The summed E-state index contributed by atoms with van der Waals surface area (Å²) in [6.07, 6.45) is 1.30. The number of piperazine rings is 1. The molecule has 4 atom stereocenters. The first-order valence-corrected chi connectivity index (χ1v) is 15.2. The molecule has 11 heteroatoms. The normalized spacial score (nSPS) is 23.2. The quantitative estimate of drug-likeness (QED) is 0.266. The monoisotopic (exact) mass is 523 g/mol. The molecule has 2 rings (SSSR count). The van der Waals surface area contributed by atoms with Crippen LogP contribution < -0.4 is 5.32 Å². The molecule has 2 aliphatic rings. The molecule has 0 bridgehead atoms. The fourth-order valence-electron chi connectivity index (χ4n) is 4.12. The highest BCUT2D eigenvalue weighted by Crippen LogP contribution is 2.39. The summed E-state index contributed by atoms with van der Waals surface area (Å²) in [4.78, 5) is 53.6. The molecular weight excluding hydrogens is 482 g/mol. The van der Waals surface area contributed by atoms with Crippen molar-refractivity contribution in [3.05, 3.63) is 25.3 Å². The summed E-state index contributed by atoms with van der Waals surface area (Å²) in [6.45, 7) is 19.9. The van der Waals surface area contributed by atoms with E-state index in [1.807, 2.05) is 6.92 Å². The zero-order valence-corrected chi connectivity index (χ0v) is 23.4. The van der Waals surface area contributed by atoms with Crippen LogP contribution in [-0.4, -0.2) is 93.0 Å². The fraction of sp³-hybridized carbons (Fsp3) is 0.680. The number of carbonyl (C=O) groups is 4. The Morgan fingerprint density at radius 1 is 1.11 bits per heavy atom. The van der Waals surface area contributed by atoms with E-state index in [0.717, 1.165) is 0 Å². The second-order valence-corrected chi connectivity index (χ2v) is 15.5. The number of amides is 3. The highest BCUT2D eigenvalue weighted by Gasteiger charge is 2.49. The summed E-state index contributed by atoms with van der Waals surface area (Å²) in [6, 6.07) is -1.35. The number of nitrogens with zero attached hydrogens (tertiary/aromatic N) is 2. The summed E-state index contributed by atoms with van der Waals surface area (Å²) in [5.74, 6) is -0.901. The van der Waals surface area contributed by atoms with Crippen molar-refractivity contribution in [3.8, 4) is 0 Å². The molecule has 202 valence electrons. The largest absolute Gasteiger partial charge is 0.445 e. The Morgan fingerprint density at radius 2 is 1.69 bits per heavy atom. The number of carbonyl (C=O) groups excluding carboxylic acids is 4. The van der Waals surface area contributed by atoms with Crippen molar-refractivity contribution in [3.63, 3.8) is 0 Å². The van der Waals surface area contributed by atoms with Crippen molar-refractivity contribution in [2.75, 3.05) is 32.8 Å². The maximum absolute atomic E-state index is 13.4. The molecule has 0 aromatic rings. The van der Waals surface area contributed by atoms with Crippen molar-refractivity contribution >= 4 is 32.2 Å². The number of ketones is 1. The molecule has 0 spiro atoms. The van der Waals surface area contributed by atoms with Crippen LogP contribution in [-0.2, 0) is 23.5 Å². The average Bonchev–Trinajstić information content (AvgIpc) is 2.78. The topological polar surface area (TPSA) is 114 Å². The van der Waals surface area contributed by atoms with Crippen LogP contribution in [0.3, 0.4) is 0 Å². The maximum atomic E-state index is 13.4. The fourth-order valence-corrected chi connectivity index (χ4v) is 5.55. The van der Waals surface area contributed by atoms with E-state index < -0.39 is 38.5 Å². The van der Waals surface area contributed by atoms with Crippen molar-refractivity contribution < 1.29 is 33.1 Å². The molecule has 10 nitrogen and oxygen atoms in total. The van der Waals surface area contributed by atoms with Gasteiger partial charge >= 0.3 is 12.2 Å². The van der Waals surface area contributed by atoms with Crippen LogP contribution in [0.25, 0.3) is 0 Å². The standard InChI is InChI=1S/C25H41N3O7Si/c1-9-13-33-23(31)27-11-12-28(24(32)34-14-10-2)19(16-27)20(29)15-18-21(22(30)26-18)17(3)35-36(7,8)25(4,5)6/h9-10,17-19,21H,1-2,11-16H2,3-8H3,(H,26,30)/t17-,18-,19?,21-/m1/s1. The SMILES string of the molecule is C=CCOC(=O)N1CCN(C(=O)OCC=C)C(C(=O)C[C@H]2NC(=O)[C@@H]2[C@@H](C)O[Si](C)(C)C(C)(C)C)C1. The summed E-state index contributed by atoms with van der Waals surface area (Å²) in [5.41, 5.74) is 0. The molecule has 0 aromatic heterocycles. The van der Waals surface area contributed by atoms with Crippen molar-refractivity contribution in [1.29, 1.82) is 0 Å². The Morgan fingerprint density at radius 3 is 2.22 bits per heavy atom. The molecule has 36 heavy (non-hydrogen) atoms. The molecule has 0 saturated carbocycles. The first kappa shape index (κ1) is 29.6. The van der Waals surface area contributed by atoms with Gasteiger partial charge in [0.25, 0.3) is 0 Å². The lowest BCUT2D eigenvalue weighted by molar-refractivity contribution is -0.142. The van der Waals surface area contributed by atoms with Crippen LogP contribution in [0.2, 0.25) is 18.1 Å². The van der Waals surface area contributed by atoms with E-state index in [1.54, 1.807) is 0 Å². The highest BCUT2D eigenvalue weighted by molar-refractivity contribution is 6.74. The minimum Gasteiger partial charge on any atom is -0.445 e. The van der Waals surface area contributed by atoms with Gasteiger partial charge in [0.1, 0.15) is 19.3 Å². The van der Waals surface area contributed by atoms with E-state index >= 15 is 0 Å². The van der Waals surface area contributed by atoms with Gasteiger partial charge in [-0.25, -0.2) is 9.59 Å². The average molecular weight is 524 g/mol. The lowest BCUT2D eigenvalue weighted by atomic mass is 9.82. The molecule has 1 unspecified atom stereocenters. The molecule has 2 fully saturated rings. The van der Waals surface area contributed by atoms with Gasteiger partial charge in [-0.3, -0.25) is 14.5 Å².